The average Bonchev–Trinajstić information content (AvgIpc) is 3.11. The highest BCUT2D eigenvalue weighted by molar-refractivity contribution is 7.71. The van der Waals surface area contributed by atoms with Crippen LogP contribution in [-0.4, -0.2) is 21.1 Å². The van der Waals surface area contributed by atoms with E-state index in [1.54, 1.807) is 11.3 Å². The third kappa shape index (κ3) is 2.61. The van der Waals surface area contributed by atoms with Crippen molar-refractivity contribution in [1.29, 1.82) is 0 Å². The van der Waals surface area contributed by atoms with Gasteiger partial charge in [0, 0.05) is 11.6 Å². The number of para-hydroxylation sites is 1. The summed E-state index contributed by atoms with van der Waals surface area (Å²) in [7, 11) is 0. The van der Waals surface area contributed by atoms with Gasteiger partial charge in [-0.15, -0.1) is 11.3 Å². The van der Waals surface area contributed by atoms with Gasteiger partial charge in [0.25, 0.3) is 0 Å². The Morgan fingerprint density at radius 2 is 2.33 bits per heavy atom. The number of nitrogens with one attached hydrogen (secondary N) is 1. The lowest BCUT2D eigenvalue weighted by Gasteiger charge is -2.12. The first kappa shape index (κ1) is 14.3. The Labute approximate surface area is 132 Å². The number of hydrogen-bond acceptors (Lipinski definition) is 4. The molecule has 0 saturated heterocycles. The molecule has 1 aromatic carbocycles. The van der Waals surface area contributed by atoms with Gasteiger partial charge >= 0.3 is 0 Å². The molecule has 2 aromatic heterocycles. The Morgan fingerprint density at radius 3 is 3.05 bits per heavy atom. The van der Waals surface area contributed by atoms with Crippen molar-refractivity contribution in [3.63, 3.8) is 0 Å². The number of H-pyrrole nitrogens is 1. The maximum atomic E-state index is 5.80. The number of hydrogen-bond donors (Lipinski definition) is 1. The lowest BCUT2D eigenvalue weighted by Crippen LogP contribution is -2.06. The van der Waals surface area contributed by atoms with Gasteiger partial charge in [0.1, 0.15) is 16.3 Å². The SMILES string of the molecule is CCCOc1cccc2c1[nH]c(=S)n2C(C)c1nccs1. The molecule has 3 aromatic rings. The standard InChI is InChI=1S/C15H17N3OS2/c1-3-8-19-12-6-4-5-11-13(12)17-15(20)18(11)10(2)14-16-7-9-21-14/h4-7,9-10H,3,8H2,1-2H3,(H,17,20). The number of ether oxygens (including phenoxy) is 1. The van der Waals surface area contributed by atoms with E-state index >= 15 is 0 Å². The summed E-state index contributed by atoms with van der Waals surface area (Å²) >= 11 is 7.15. The Morgan fingerprint density at radius 1 is 1.48 bits per heavy atom. The van der Waals surface area contributed by atoms with Crippen LogP contribution in [0.5, 0.6) is 5.75 Å². The molecule has 0 spiro atoms. The van der Waals surface area contributed by atoms with E-state index in [1.807, 2.05) is 23.7 Å². The summed E-state index contributed by atoms with van der Waals surface area (Å²) < 4.78 is 8.60. The molecule has 0 aliphatic rings. The van der Waals surface area contributed by atoms with E-state index in [0.29, 0.717) is 11.4 Å². The Bertz CT molecular complexity index is 789. The molecule has 21 heavy (non-hydrogen) atoms. The fourth-order valence-electron chi connectivity index (χ4n) is 2.39. The van der Waals surface area contributed by atoms with Crippen molar-refractivity contribution in [2.45, 2.75) is 26.3 Å². The number of nitrogens with zero attached hydrogens (tertiary/aromatic N) is 2. The van der Waals surface area contributed by atoms with Crippen molar-refractivity contribution in [2.75, 3.05) is 6.61 Å². The minimum absolute atomic E-state index is 0.104. The van der Waals surface area contributed by atoms with Crippen LogP contribution in [0, 0.1) is 4.77 Å². The molecule has 0 aliphatic carbocycles. The van der Waals surface area contributed by atoms with Gasteiger partial charge in [-0.3, -0.25) is 0 Å². The molecule has 0 radical (unpaired) electrons. The van der Waals surface area contributed by atoms with Gasteiger partial charge in [-0.25, -0.2) is 4.98 Å². The van der Waals surface area contributed by atoms with Crippen molar-refractivity contribution in [3.8, 4) is 5.75 Å². The zero-order valence-corrected chi connectivity index (χ0v) is 13.6. The van der Waals surface area contributed by atoms with Gasteiger partial charge < -0.3 is 14.3 Å². The van der Waals surface area contributed by atoms with Crippen LogP contribution in [0.3, 0.4) is 0 Å². The summed E-state index contributed by atoms with van der Waals surface area (Å²) in [6.45, 7) is 4.91. The summed E-state index contributed by atoms with van der Waals surface area (Å²) in [5, 5.41) is 3.03. The van der Waals surface area contributed by atoms with Gasteiger partial charge in [0.05, 0.1) is 18.2 Å². The minimum atomic E-state index is 0.104. The summed E-state index contributed by atoms with van der Waals surface area (Å²) in [6.07, 6.45) is 2.80. The summed E-state index contributed by atoms with van der Waals surface area (Å²) in [6, 6.07) is 6.14. The molecule has 0 aliphatic heterocycles. The average molecular weight is 319 g/mol. The summed E-state index contributed by atoms with van der Waals surface area (Å²) in [5.41, 5.74) is 2.01. The van der Waals surface area contributed by atoms with Crippen LogP contribution in [0.25, 0.3) is 11.0 Å². The molecule has 110 valence electrons. The third-order valence-electron chi connectivity index (χ3n) is 3.37. The zero-order chi connectivity index (χ0) is 14.8. The molecular weight excluding hydrogens is 302 g/mol. The quantitative estimate of drug-likeness (QED) is 0.701. The molecular formula is C15H17N3OS2. The van der Waals surface area contributed by atoms with E-state index in [4.69, 9.17) is 17.0 Å². The normalized spacial score (nSPS) is 12.7. The molecule has 2 heterocycles. The highest BCUT2D eigenvalue weighted by Crippen LogP contribution is 2.30. The second kappa shape index (κ2) is 5.99. The lowest BCUT2D eigenvalue weighted by molar-refractivity contribution is 0.320. The minimum Gasteiger partial charge on any atom is -0.491 e. The van der Waals surface area contributed by atoms with E-state index in [2.05, 4.69) is 34.4 Å². The molecule has 1 N–H and O–H groups in total. The van der Waals surface area contributed by atoms with Gasteiger partial charge in [-0.1, -0.05) is 13.0 Å². The Balaban J connectivity index is 2.12. The topological polar surface area (TPSA) is 42.8 Å². The molecule has 1 unspecified atom stereocenters. The number of thiazole rings is 1. The highest BCUT2D eigenvalue weighted by atomic mass is 32.1. The fraction of sp³-hybridized carbons (Fsp3) is 0.333. The molecule has 3 rings (SSSR count). The smallest absolute Gasteiger partial charge is 0.178 e. The van der Waals surface area contributed by atoms with Crippen molar-refractivity contribution < 1.29 is 4.74 Å². The van der Waals surface area contributed by atoms with Gasteiger partial charge in [-0.05, 0) is 37.7 Å². The number of benzene rings is 1. The van der Waals surface area contributed by atoms with Crippen LogP contribution in [0.15, 0.2) is 29.8 Å². The van der Waals surface area contributed by atoms with Crippen LogP contribution in [0.1, 0.15) is 31.3 Å². The molecule has 0 fully saturated rings. The van der Waals surface area contributed by atoms with Crippen molar-refractivity contribution in [2.24, 2.45) is 0 Å². The van der Waals surface area contributed by atoms with Gasteiger partial charge in [-0.2, -0.15) is 0 Å². The number of aromatic amines is 1. The van der Waals surface area contributed by atoms with E-state index in [0.717, 1.165) is 28.2 Å². The van der Waals surface area contributed by atoms with Crippen LogP contribution in [0.4, 0.5) is 0 Å². The fourth-order valence-corrected chi connectivity index (χ4v) is 3.43. The second-order valence-electron chi connectivity index (χ2n) is 4.85. The second-order valence-corrected chi connectivity index (χ2v) is 6.16. The van der Waals surface area contributed by atoms with E-state index in [-0.39, 0.29) is 6.04 Å². The molecule has 0 amide bonds. The lowest BCUT2D eigenvalue weighted by atomic mass is 10.2. The Hall–Kier alpha value is -1.66. The van der Waals surface area contributed by atoms with Gasteiger partial charge in [0.15, 0.2) is 4.77 Å². The zero-order valence-electron chi connectivity index (χ0n) is 12.0. The molecule has 4 nitrogen and oxygen atoms in total. The summed E-state index contributed by atoms with van der Waals surface area (Å²) in [5.74, 6) is 0.852. The maximum Gasteiger partial charge on any atom is 0.178 e. The first-order chi connectivity index (χ1) is 10.2. The van der Waals surface area contributed by atoms with Crippen LogP contribution in [-0.2, 0) is 0 Å². The van der Waals surface area contributed by atoms with E-state index in [1.165, 1.54) is 0 Å². The largest absolute Gasteiger partial charge is 0.491 e. The molecule has 0 bridgehead atoms. The van der Waals surface area contributed by atoms with Crippen LogP contribution >= 0.6 is 23.6 Å². The predicted octanol–water partition coefficient (Wildman–Crippen LogP) is 4.55. The highest BCUT2D eigenvalue weighted by Gasteiger charge is 2.16. The molecule has 1 atom stereocenters. The number of rotatable bonds is 5. The maximum absolute atomic E-state index is 5.80. The number of aromatic nitrogens is 3. The first-order valence-corrected chi connectivity index (χ1v) is 8.26. The third-order valence-corrected chi connectivity index (χ3v) is 4.62. The first-order valence-electron chi connectivity index (χ1n) is 6.97. The van der Waals surface area contributed by atoms with Gasteiger partial charge in [0.2, 0.25) is 0 Å². The van der Waals surface area contributed by atoms with Crippen molar-refractivity contribution in [3.05, 3.63) is 39.6 Å². The molecule has 0 saturated carbocycles. The van der Waals surface area contributed by atoms with Crippen molar-refractivity contribution >= 4 is 34.6 Å². The predicted molar refractivity (Wildman–Crippen MR) is 88.8 cm³/mol. The van der Waals surface area contributed by atoms with E-state index < -0.39 is 0 Å². The van der Waals surface area contributed by atoms with Crippen LogP contribution in [0.2, 0.25) is 0 Å². The monoisotopic (exact) mass is 319 g/mol. The Kier molecular flexibility index (Phi) is 4.07. The summed E-state index contributed by atoms with van der Waals surface area (Å²) in [4.78, 5) is 7.68. The van der Waals surface area contributed by atoms with E-state index in [9.17, 15) is 0 Å². The number of imidazole rings is 1. The number of fused-ring (bicyclic) bond motifs is 1. The van der Waals surface area contributed by atoms with Crippen molar-refractivity contribution in [1.82, 2.24) is 14.5 Å². The van der Waals surface area contributed by atoms with Crippen LogP contribution < -0.4 is 4.74 Å². The molecule has 6 heteroatoms.